The predicted molar refractivity (Wildman–Crippen MR) is 85.3 cm³/mol. The second kappa shape index (κ2) is 5.93. The average Bonchev–Trinajstić information content (AvgIpc) is 2.37. The minimum atomic E-state index is -0.508. The third kappa shape index (κ3) is 3.02. The second-order valence-corrected chi connectivity index (χ2v) is 6.11. The molecule has 2 rings (SSSR count). The van der Waals surface area contributed by atoms with Crippen molar-refractivity contribution in [1.82, 2.24) is 0 Å². The van der Waals surface area contributed by atoms with Crippen molar-refractivity contribution in [2.45, 2.75) is 13.5 Å². The van der Waals surface area contributed by atoms with Crippen LogP contribution in [0.15, 0.2) is 33.2 Å². The Morgan fingerprint density at radius 2 is 1.60 bits per heavy atom. The van der Waals surface area contributed by atoms with Gasteiger partial charge in [0.05, 0.1) is 5.69 Å². The molecular formula is C14H13Br2NO3. The number of hydrogen-bond acceptors (Lipinski definition) is 4. The lowest BCUT2D eigenvalue weighted by molar-refractivity contribution is 0.365. The number of aryl methyl sites for hydroxylation is 1. The van der Waals surface area contributed by atoms with Crippen LogP contribution in [-0.2, 0) is 6.54 Å². The highest BCUT2D eigenvalue weighted by atomic mass is 79.9. The van der Waals surface area contributed by atoms with Gasteiger partial charge in [-0.2, -0.15) is 0 Å². The maximum atomic E-state index is 9.77. The van der Waals surface area contributed by atoms with Crippen LogP contribution in [0.5, 0.6) is 17.2 Å². The number of anilines is 1. The Kier molecular flexibility index (Phi) is 4.45. The molecule has 0 fully saturated rings. The lowest BCUT2D eigenvalue weighted by atomic mass is 10.1. The molecular weight excluding hydrogens is 390 g/mol. The first kappa shape index (κ1) is 15.0. The molecule has 20 heavy (non-hydrogen) atoms. The van der Waals surface area contributed by atoms with Gasteiger partial charge in [-0.25, -0.2) is 0 Å². The lowest BCUT2D eigenvalue weighted by Crippen LogP contribution is -2.01. The fraction of sp³-hybridized carbons (Fsp3) is 0.143. The van der Waals surface area contributed by atoms with Crippen LogP contribution in [0.25, 0.3) is 0 Å². The van der Waals surface area contributed by atoms with Crippen LogP contribution < -0.4 is 5.32 Å². The van der Waals surface area contributed by atoms with Crippen LogP contribution in [0.2, 0.25) is 0 Å². The van der Waals surface area contributed by atoms with Gasteiger partial charge in [-0.15, -0.1) is 0 Å². The molecule has 2 aromatic carbocycles. The number of phenols is 3. The quantitative estimate of drug-likeness (QED) is 0.579. The molecule has 4 nitrogen and oxygen atoms in total. The van der Waals surface area contributed by atoms with Gasteiger partial charge in [0, 0.05) is 21.1 Å². The maximum Gasteiger partial charge on any atom is 0.200 e. The van der Waals surface area contributed by atoms with Crippen molar-refractivity contribution in [3.63, 3.8) is 0 Å². The number of nitrogens with one attached hydrogen (secondary N) is 1. The van der Waals surface area contributed by atoms with Gasteiger partial charge in [-0.05, 0) is 68.6 Å². The Morgan fingerprint density at radius 1 is 1.00 bits per heavy atom. The number of aromatic hydroxyl groups is 3. The highest BCUT2D eigenvalue weighted by Gasteiger charge is 2.12. The van der Waals surface area contributed by atoms with E-state index in [1.165, 1.54) is 6.07 Å². The number of benzene rings is 2. The summed E-state index contributed by atoms with van der Waals surface area (Å²) in [5.74, 6) is -1.17. The van der Waals surface area contributed by atoms with Crippen LogP contribution in [0.1, 0.15) is 11.1 Å². The molecule has 0 saturated carbocycles. The minimum Gasteiger partial charge on any atom is -0.504 e. The van der Waals surface area contributed by atoms with Crippen molar-refractivity contribution in [2.75, 3.05) is 5.32 Å². The highest BCUT2D eigenvalue weighted by Crippen LogP contribution is 2.38. The summed E-state index contributed by atoms with van der Waals surface area (Å²) in [4.78, 5) is 0. The lowest BCUT2D eigenvalue weighted by Gasteiger charge is -2.13. The molecule has 0 heterocycles. The highest BCUT2D eigenvalue weighted by molar-refractivity contribution is 9.11. The fourth-order valence-electron chi connectivity index (χ4n) is 1.81. The molecule has 0 aromatic heterocycles. The van der Waals surface area contributed by atoms with E-state index in [9.17, 15) is 15.3 Å². The van der Waals surface area contributed by atoms with E-state index in [4.69, 9.17) is 0 Å². The van der Waals surface area contributed by atoms with Gasteiger partial charge in [0.25, 0.3) is 0 Å². The molecule has 0 aliphatic rings. The molecule has 0 spiro atoms. The van der Waals surface area contributed by atoms with Crippen molar-refractivity contribution >= 4 is 37.5 Å². The third-order valence-electron chi connectivity index (χ3n) is 2.86. The van der Waals surface area contributed by atoms with Crippen molar-refractivity contribution in [1.29, 1.82) is 0 Å². The van der Waals surface area contributed by atoms with Crippen LogP contribution in [0, 0.1) is 6.92 Å². The maximum absolute atomic E-state index is 9.77. The molecule has 0 amide bonds. The first-order valence-corrected chi connectivity index (χ1v) is 7.41. The van der Waals surface area contributed by atoms with Crippen LogP contribution in [0.4, 0.5) is 5.69 Å². The molecule has 4 N–H and O–H groups in total. The Labute approximate surface area is 133 Å². The molecule has 0 bridgehead atoms. The van der Waals surface area contributed by atoms with Gasteiger partial charge < -0.3 is 20.6 Å². The summed E-state index contributed by atoms with van der Waals surface area (Å²) in [7, 11) is 0. The number of phenolic OH excluding ortho intramolecular Hbond substituents is 3. The number of rotatable bonds is 3. The van der Waals surface area contributed by atoms with E-state index in [1.807, 2.05) is 19.1 Å². The van der Waals surface area contributed by atoms with E-state index in [2.05, 4.69) is 37.2 Å². The summed E-state index contributed by atoms with van der Waals surface area (Å²) in [6.07, 6.45) is 0. The molecule has 0 aliphatic heterocycles. The van der Waals surface area contributed by atoms with Crippen molar-refractivity contribution in [2.24, 2.45) is 0 Å². The zero-order valence-electron chi connectivity index (χ0n) is 10.6. The van der Waals surface area contributed by atoms with E-state index in [0.29, 0.717) is 12.1 Å². The molecule has 106 valence electrons. The van der Waals surface area contributed by atoms with Crippen LogP contribution in [-0.4, -0.2) is 15.3 Å². The summed E-state index contributed by atoms with van der Waals surface area (Å²) >= 11 is 6.94. The third-order valence-corrected chi connectivity index (χ3v) is 4.11. The zero-order chi connectivity index (χ0) is 14.9. The first-order chi connectivity index (χ1) is 9.40. The summed E-state index contributed by atoms with van der Waals surface area (Å²) < 4.78 is 1.79. The summed E-state index contributed by atoms with van der Waals surface area (Å²) in [6.45, 7) is 2.29. The monoisotopic (exact) mass is 401 g/mol. The SMILES string of the molecule is Cc1cc(Br)c(NCc2ccc(O)c(O)c2O)c(Br)c1. The molecule has 0 aliphatic carbocycles. The van der Waals surface area contributed by atoms with E-state index in [0.717, 1.165) is 20.2 Å². The molecule has 0 radical (unpaired) electrons. The van der Waals surface area contributed by atoms with Crippen molar-refractivity contribution in [3.05, 3.63) is 44.3 Å². The van der Waals surface area contributed by atoms with Gasteiger partial charge in [0.2, 0.25) is 5.75 Å². The Hall–Kier alpha value is -1.40. The molecule has 0 saturated heterocycles. The number of hydrogen-bond donors (Lipinski definition) is 4. The first-order valence-electron chi connectivity index (χ1n) is 5.82. The Bertz CT molecular complexity index is 636. The van der Waals surface area contributed by atoms with Gasteiger partial charge >= 0.3 is 0 Å². The minimum absolute atomic E-state index is 0.305. The van der Waals surface area contributed by atoms with Crippen LogP contribution >= 0.6 is 31.9 Å². The summed E-state index contributed by atoms with van der Waals surface area (Å²) in [6, 6.07) is 6.83. The summed E-state index contributed by atoms with van der Waals surface area (Å²) in [5, 5.41) is 31.7. The Balaban J connectivity index is 2.24. The van der Waals surface area contributed by atoms with E-state index < -0.39 is 5.75 Å². The molecule has 6 heteroatoms. The summed E-state index contributed by atoms with van der Waals surface area (Å²) in [5.41, 5.74) is 2.45. The van der Waals surface area contributed by atoms with Gasteiger partial charge in [0.15, 0.2) is 11.5 Å². The van der Waals surface area contributed by atoms with E-state index >= 15 is 0 Å². The van der Waals surface area contributed by atoms with E-state index in [1.54, 1.807) is 6.07 Å². The molecule has 0 atom stereocenters. The van der Waals surface area contributed by atoms with Gasteiger partial charge in [-0.3, -0.25) is 0 Å². The van der Waals surface area contributed by atoms with E-state index in [-0.39, 0.29) is 11.5 Å². The smallest absolute Gasteiger partial charge is 0.200 e. The molecule has 2 aromatic rings. The average molecular weight is 403 g/mol. The van der Waals surface area contributed by atoms with Crippen LogP contribution in [0.3, 0.4) is 0 Å². The van der Waals surface area contributed by atoms with Gasteiger partial charge in [0.1, 0.15) is 0 Å². The fourth-order valence-corrected chi connectivity index (χ4v) is 3.50. The Morgan fingerprint density at radius 3 is 2.20 bits per heavy atom. The van der Waals surface area contributed by atoms with Gasteiger partial charge in [-0.1, -0.05) is 0 Å². The normalized spacial score (nSPS) is 10.6. The number of halogens is 2. The zero-order valence-corrected chi connectivity index (χ0v) is 13.8. The molecule has 0 unspecified atom stereocenters. The second-order valence-electron chi connectivity index (χ2n) is 4.40. The topological polar surface area (TPSA) is 72.7 Å². The standard InChI is InChI=1S/C14H13Br2NO3/c1-7-4-9(15)12(10(16)5-7)17-6-8-2-3-11(18)14(20)13(8)19/h2-5,17-20H,6H2,1H3. The predicted octanol–water partition coefficient (Wildman–Crippen LogP) is 4.25. The largest absolute Gasteiger partial charge is 0.504 e. The van der Waals surface area contributed by atoms with Crippen molar-refractivity contribution in [3.8, 4) is 17.2 Å². The van der Waals surface area contributed by atoms with Crippen molar-refractivity contribution < 1.29 is 15.3 Å².